The average molecular weight is 298 g/mol. The number of rotatable bonds is 4. The molecule has 0 aliphatic carbocycles. The second-order valence-corrected chi connectivity index (χ2v) is 5.35. The molecule has 2 unspecified atom stereocenters. The van der Waals surface area contributed by atoms with Crippen LogP contribution in [0.1, 0.15) is 12.6 Å². The lowest BCUT2D eigenvalue weighted by Gasteiger charge is -2.54. The van der Waals surface area contributed by atoms with Crippen molar-refractivity contribution in [3.8, 4) is 5.75 Å². The van der Waals surface area contributed by atoms with Crippen LogP contribution in [0.2, 0.25) is 0 Å². The van der Waals surface area contributed by atoms with E-state index in [0.717, 1.165) is 17.1 Å². The highest BCUT2D eigenvalue weighted by molar-refractivity contribution is 6.06. The van der Waals surface area contributed by atoms with E-state index in [1.54, 1.807) is 25.3 Å². The summed E-state index contributed by atoms with van der Waals surface area (Å²) in [4.78, 5) is 18.6. The van der Waals surface area contributed by atoms with E-state index in [1.807, 2.05) is 49.4 Å². The van der Waals surface area contributed by atoms with Gasteiger partial charge in [-0.3, -0.25) is 14.7 Å². The van der Waals surface area contributed by atoms with Gasteiger partial charge in [0.15, 0.2) is 6.10 Å². The van der Waals surface area contributed by atoms with Crippen molar-refractivity contribution in [1.29, 1.82) is 0 Å². The predicted octanol–water partition coefficient (Wildman–Crippen LogP) is 2.37. The van der Waals surface area contributed by atoms with Crippen LogP contribution in [0, 0.1) is 0 Å². The number of β-lactam (4-membered cyclic amide) rings is 1. The molecule has 5 nitrogen and oxygen atoms in total. The zero-order valence-corrected chi connectivity index (χ0v) is 12.8. The standard InChI is InChI=1S/C17H18N2O3/c1-17(14-6-4-5-11-18-14)15(22-3)16(20)19(17)12-7-9-13(21-2)10-8-12/h4-11,15H,1-3H3. The first-order valence-corrected chi connectivity index (χ1v) is 7.05. The summed E-state index contributed by atoms with van der Waals surface area (Å²) in [5.41, 5.74) is 0.978. The molecule has 114 valence electrons. The Morgan fingerprint density at radius 3 is 2.41 bits per heavy atom. The molecule has 1 aromatic heterocycles. The summed E-state index contributed by atoms with van der Waals surface area (Å²) in [6, 6.07) is 13.1. The molecule has 5 heteroatoms. The zero-order valence-electron chi connectivity index (χ0n) is 12.8. The zero-order chi connectivity index (χ0) is 15.7. The van der Waals surface area contributed by atoms with E-state index < -0.39 is 11.6 Å². The largest absolute Gasteiger partial charge is 0.497 e. The number of amides is 1. The number of methoxy groups -OCH3 is 2. The van der Waals surface area contributed by atoms with Gasteiger partial charge in [0.2, 0.25) is 0 Å². The van der Waals surface area contributed by atoms with Gasteiger partial charge in [0.25, 0.3) is 5.91 Å². The van der Waals surface area contributed by atoms with E-state index in [4.69, 9.17) is 9.47 Å². The number of hydrogen-bond acceptors (Lipinski definition) is 4. The van der Waals surface area contributed by atoms with Crippen molar-refractivity contribution in [3.63, 3.8) is 0 Å². The van der Waals surface area contributed by atoms with Crippen molar-refractivity contribution in [2.45, 2.75) is 18.6 Å². The lowest BCUT2D eigenvalue weighted by molar-refractivity contribution is -0.147. The van der Waals surface area contributed by atoms with Gasteiger partial charge in [-0.05, 0) is 43.3 Å². The summed E-state index contributed by atoms with van der Waals surface area (Å²) in [7, 11) is 3.16. The Morgan fingerprint density at radius 2 is 1.86 bits per heavy atom. The van der Waals surface area contributed by atoms with Crippen molar-refractivity contribution in [2.75, 3.05) is 19.1 Å². The number of ether oxygens (including phenoxy) is 2. The fourth-order valence-electron chi connectivity index (χ4n) is 3.01. The molecule has 1 aliphatic heterocycles. The van der Waals surface area contributed by atoms with Gasteiger partial charge in [-0.25, -0.2) is 0 Å². The van der Waals surface area contributed by atoms with Gasteiger partial charge in [-0.1, -0.05) is 6.07 Å². The Bertz CT molecular complexity index is 672. The van der Waals surface area contributed by atoms with E-state index in [1.165, 1.54) is 0 Å². The summed E-state index contributed by atoms with van der Waals surface area (Å²) < 4.78 is 10.6. The maximum atomic E-state index is 12.5. The van der Waals surface area contributed by atoms with Crippen LogP contribution in [0.5, 0.6) is 5.75 Å². The molecule has 1 fully saturated rings. The minimum absolute atomic E-state index is 0.0687. The van der Waals surface area contributed by atoms with Crippen LogP contribution in [-0.4, -0.2) is 31.2 Å². The fourth-order valence-corrected chi connectivity index (χ4v) is 3.01. The first kappa shape index (κ1) is 14.5. The highest BCUT2D eigenvalue weighted by atomic mass is 16.5. The van der Waals surface area contributed by atoms with E-state index >= 15 is 0 Å². The van der Waals surface area contributed by atoms with Crippen molar-refractivity contribution in [1.82, 2.24) is 4.98 Å². The second kappa shape index (κ2) is 5.42. The Labute approximate surface area is 129 Å². The van der Waals surface area contributed by atoms with Crippen LogP contribution in [0.4, 0.5) is 5.69 Å². The van der Waals surface area contributed by atoms with Gasteiger partial charge in [0.1, 0.15) is 11.3 Å². The number of pyridine rings is 1. The molecule has 0 spiro atoms. The molecule has 1 saturated heterocycles. The van der Waals surface area contributed by atoms with Gasteiger partial charge in [-0.15, -0.1) is 0 Å². The SMILES string of the molecule is COc1ccc(N2C(=O)C(OC)C2(C)c2ccccn2)cc1. The van der Waals surface area contributed by atoms with Crippen LogP contribution < -0.4 is 9.64 Å². The van der Waals surface area contributed by atoms with Gasteiger partial charge < -0.3 is 9.47 Å². The number of anilines is 1. The molecule has 3 rings (SSSR count). The Balaban J connectivity index is 2.03. The van der Waals surface area contributed by atoms with Crippen LogP contribution >= 0.6 is 0 Å². The molecule has 0 bridgehead atoms. The van der Waals surface area contributed by atoms with Gasteiger partial charge in [-0.2, -0.15) is 0 Å². The van der Waals surface area contributed by atoms with Gasteiger partial charge in [0, 0.05) is 19.0 Å². The molecular formula is C17H18N2O3. The first-order valence-electron chi connectivity index (χ1n) is 7.05. The number of carbonyl (C=O) groups is 1. The smallest absolute Gasteiger partial charge is 0.259 e. The minimum atomic E-state index is -0.623. The average Bonchev–Trinajstić information content (AvgIpc) is 2.56. The van der Waals surface area contributed by atoms with Crippen molar-refractivity contribution >= 4 is 11.6 Å². The molecule has 2 heterocycles. The van der Waals surface area contributed by atoms with Crippen LogP contribution in [0.25, 0.3) is 0 Å². The molecular weight excluding hydrogens is 280 g/mol. The number of carbonyl (C=O) groups excluding carboxylic acids is 1. The van der Waals surface area contributed by atoms with Crippen molar-refractivity contribution < 1.29 is 14.3 Å². The quantitative estimate of drug-likeness (QED) is 0.813. The summed E-state index contributed by atoms with van der Waals surface area (Å²) in [6.45, 7) is 1.97. The van der Waals surface area contributed by atoms with Crippen molar-refractivity contribution in [2.24, 2.45) is 0 Å². The Morgan fingerprint density at radius 1 is 1.14 bits per heavy atom. The van der Waals surface area contributed by atoms with E-state index in [9.17, 15) is 4.79 Å². The topological polar surface area (TPSA) is 51.7 Å². The lowest BCUT2D eigenvalue weighted by Crippen LogP contribution is -2.72. The summed E-state index contributed by atoms with van der Waals surface area (Å²) in [5.74, 6) is 0.681. The maximum Gasteiger partial charge on any atom is 0.259 e. The third kappa shape index (κ3) is 1.97. The highest BCUT2D eigenvalue weighted by Gasteiger charge is 2.60. The maximum absolute atomic E-state index is 12.5. The second-order valence-electron chi connectivity index (χ2n) is 5.35. The molecule has 22 heavy (non-hydrogen) atoms. The van der Waals surface area contributed by atoms with Crippen molar-refractivity contribution in [3.05, 3.63) is 54.4 Å². The number of benzene rings is 1. The third-order valence-electron chi connectivity index (χ3n) is 4.17. The number of nitrogens with zero attached hydrogens (tertiary/aromatic N) is 2. The van der Waals surface area contributed by atoms with Gasteiger partial charge >= 0.3 is 0 Å². The number of hydrogen-bond donors (Lipinski definition) is 0. The highest BCUT2D eigenvalue weighted by Crippen LogP contribution is 2.45. The Hall–Kier alpha value is -2.40. The Kier molecular flexibility index (Phi) is 3.58. The van der Waals surface area contributed by atoms with Crippen LogP contribution in [-0.2, 0) is 15.1 Å². The molecule has 1 aromatic carbocycles. The molecule has 0 N–H and O–H groups in total. The predicted molar refractivity (Wildman–Crippen MR) is 82.9 cm³/mol. The number of aromatic nitrogens is 1. The molecule has 0 radical (unpaired) electrons. The van der Waals surface area contributed by atoms with Crippen LogP contribution in [0.15, 0.2) is 48.7 Å². The molecule has 0 saturated carbocycles. The van der Waals surface area contributed by atoms with E-state index in [2.05, 4.69) is 4.98 Å². The summed E-state index contributed by atoms with van der Waals surface area (Å²) in [5, 5.41) is 0. The molecule has 1 aliphatic rings. The first-order chi connectivity index (χ1) is 10.6. The monoisotopic (exact) mass is 298 g/mol. The van der Waals surface area contributed by atoms with Gasteiger partial charge in [0.05, 0.1) is 12.8 Å². The molecule has 2 aromatic rings. The molecule has 1 amide bonds. The normalized spacial score (nSPS) is 24.0. The van der Waals surface area contributed by atoms with E-state index in [0.29, 0.717) is 0 Å². The molecule has 2 atom stereocenters. The summed E-state index contributed by atoms with van der Waals surface area (Å²) >= 11 is 0. The fraction of sp³-hybridized carbons (Fsp3) is 0.294. The summed E-state index contributed by atoms with van der Waals surface area (Å²) in [6.07, 6.45) is 1.19. The lowest BCUT2D eigenvalue weighted by atomic mass is 9.78. The minimum Gasteiger partial charge on any atom is -0.497 e. The third-order valence-corrected chi connectivity index (χ3v) is 4.17. The van der Waals surface area contributed by atoms with E-state index in [-0.39, 0.29) is 5.91 Å². The van der Waals surface area contributed by atoms with Crippen LogP contribution in [0.3, 0.4) is 0 Å².